The molecule has 2 aliphatic rings. The van der Waals surface area contributed by atoms with E-state index in [2.05, 4.69) is 47.7 Å². The molecular weight excluding hydrogens is 246 g/mol. The molecule has 2 saturated heterocycles. The summed E-state index contributed by atoms with van der Waals surface area (Å²) in [7, 11) is 0. The Labute approximate surface area is 123 Å². The zero-order valence-electron chi connectivity index (χ0n) is 13.1. The van der Waals surface area contributed by atoms with Crippen molar-refractivity contribution in [3.8, 4) is 0 Å². The Morgan fingerprint density at radius 1 is 1.05 bits per heavy atom. The van der Waals surface area contributed by atoms with Crippen LogP contribution in [0.2, 0.25) is 0 Å². The molecule has 20 heavy (non-hydrogen) atoms. The Bertz CT molecular complexity index is 451. The molecule has 3 nitrogen and oxygen atoms in total. The number of anilines is 1. The van der Waals surface area contributed by atoms with Crippen LogP contribution in [0.1, 0.15) is 40.0 Å². The van der Waals surface area contributed by atoms with Gasteiger partial charge in [-0.1, -0.05) is 0 Å². The van der Waals surface area contributed by atoms with Crippen molar-refractivity contribution in [2.45, 2.75) is 45.6 Å². The van der Waals surface area contributed by atoms with Crippen LogP contribution in [0.25, 0.3) is 0 Å². The van der Waals surface area contributed by atoms with Gasteiger partial charge in [0.25, 0.3) is 0 Å². The van der Waals surface area contributed by atoms with E-state index in [1.165, 1.54) is 51.1 Å². The molecule has 0 N–H and O–H groups in total. The predicted molar refractivity (Wildman–Crippen MR) is 84.1 cm³/mol. The lowest BCUT2D eigenvalue weighted by Crippen LogP contribution is -2.52. The molecule has 3 rings (SSSR count). The van der Waals surface area contributed by atoms with Crippen LogP contribution < -0.4 is 4.90 Å². The Morgan fingerprint density at radius 3 is 2.50 bits per heavy atom. The van der Waals surface area contributed by atoms with Crippen molar-refractivity contribution >= 4 is 5.69 Å². The SMILES string of the molecule is CC(C)(C)N1CCCC2(CCN(c3ccncc3)C2)C1. The van der Waals surface area contributed by atoms with Crippen LogP contribution in [0.3, 0.4) is 0 Å². The fourth-order valence-electron chi connectivity index (χ4n) is 3.82. The lowest BCUT2D eigenvalue weighted by molar-refractivity contribution is 0.0361. The minimum atomic E-state index is 0.303. The van der Waals surface area contributed by atoms with E-state index in [9.17, 15) is 0 Å². The van der Waals surface area contributed by atoms with Crippen LogP contribution in [0, 0.1) is 5.41 Å². The number of rotatable bonds is 1. The van der Waals surface area contributed by atoms with Crippen molar-refractivity contribution < 1.29 is 0 Å². The van der Waals surface area contributed by atoms with Crippen molar-refractivity contribution in [1.29, 1.82) is 0 Å². The van der Waals surface area contributed by atoms with E-state index in [-0.39, 0.29) is 0 Å². The highest BCUT2D eigenvalue weighted by Gasteiger charge is 2.43. The maximum absolute atomic E-state index is 4.13. The predicted octanol–water partition coefficient (Wildman–Crippen LogP) is 3.17. The third kappa shape index (κ3) is 2.69. The molecular formula is C17H27N3. The van der Waals surface area contributed by atoms with E-state index in [0.717, 1.165) is 0 Å². The summed E-state index contributed by atoms with van der Waals surface area (Å²) in [6, 6.07) is 4.28. The second kappa shape index (κ2) is 5.03. The third-order valence-corrected chi connectivity index (χ3v) is 5.08. The highest BCUT2D eigenvalue weighted by molar-refractivity contribution is 5.46. The van der Waals surface area contributed by atoms with Gasteiger partial charge in [0.2, 0.25) is 0 Å². The lowest BCUT2D eigenvalue weighted by atomic mass is 9.78. The van der Waals surface area contributed by atoms with Gasteiger partial charge in [0.1, 0.15) is 0 Å². The smallest absolute Gasteiger partial charge is 0.0397 e. The maximum Gasteiger partial charge on any atom is 0.0397 e. The van der Waals surface area contributed by atoms with Gasteiger partial charge >= 0.3 is 0 Å². The molecule has 0 amide bonds. The quantitative estimate of drug-likeness (QED) is 0.783. The molecule has 3 heteroatoms. The molecule has 0 saturated carbocycles. The molecule has 0 radical (unpaired) electrons. The standard InChI is InChI=1S/C17H27N3/c1-16(2,3)20-11-4-7-17(14-20)8-12-19(13-17)15-5-9-18-10-6-15/h5-6,9-10H,4,7-8,11-14H2,1-3H3. The molecule has 1 unspecified atom stereocenters. The van der Waals surface area contributed by atoms with E-state index in [1.54, 1.807) is 0 Å². The van der Waals surface area contributed by atoms with Gasteiger partial charge in [-0.05, 0) is 58.7 Å². The monoisotopic (exact) mass is 273 g/mol. The van der Waals surface area contributed by atoms with Crippen molar-refractivity contribution in [1.82, 2.24) is 9.88 Å². The summed E-state index contributed by atoms with van der Waals surface area (Å²) in [5, 5.41) is 0. The fourth-order valence-corrected chi connectivity index (χ4v) is 3.82. The number of pyridine rings is 1. The first-order valence-corrected chi connectivity index (χ1v) is 7.89. The molecule has 1 aromatic rings. The van der Waals surface area contributed by atoms with Gasteiger partial charge in [-0.15, -0.1) is 0 Å². The largest absolute Gasteiger partial charge is 0.371 e. The van der Waals surface area contributed by atoms with Gasteiger partial charge in [-0.3, -0.25) is 9.88 Å². The van der Waals surface area contributed by atoms with Crippen LogP contribution >= 0.6 is 0 Å². The summed E-state index contributed by atoms with van der Waals surface area (Å²) in [6.45, 7) is 12.0. The zero-order valence-corrected chi connectivity index (χ0v) is 13.1. The van der Waals surface area contributed by atoms with Crippen LogP contribution in [0.15, 0.2) is 24.5 Å². The van der Waals surface area contributed by atoms with Crippen LogP contribution in [-0.2, 0) is 0 Å². The van der Waals surface area contributed by atoms with Crippen molar-refractivity contribution in [3.63, 3.8) is 0 Å². The number of nitrogens with zero attached hydrogens (tertiary/aromatic N) is 3. The molecule has 3 heterocycles. The Morgan fingerprint density at radius 2 is 1.80 bits per heavy atom. The number of likely N-dealkylation sites (tertiary alicyclic amines) is 1. The minimum Gasteiger partial charge on any atom is -0.371 e. The van der Waals surface area contributed by atoms with E-state index in [1.807, 2.05) is 12.4 Å². The average Bonchev–Trinajstić information content (AvgIpc) is 2.83. The second-order valence-corrected chi connectivity index (χ2v) is 7.57. The molecule has 2 fully saturated rings. The van der Waals surface area contributed by atoms with Crippen LogP contribution in [0.5, 0.6) is 0 Å². The molecule has 1 atom stereocenters. The van der Waals surface area contributed by atoms with Crippen LogP contribution in [-0.4, -0.2) is 41.6 Å². The molecule has 1 spiro atoms. The van der Waals surface area contributed by atoms with Gasteiger partial charge in [-0.2, -0.15) is 0 Å². The van der Waals surface area contributed by atoms with Crippen molar-refractivity contribution in [2.75, 3.05) is 31.1 Å². The molecule has 2 aliphatic heterocycles. The van der Waals surface area contributed by atoms with Crippen molar-refractivity contribution in [3.05, 3.63) is 24.5 Å². The molecule has 0 aliphatic carbocycles. The first-order chi connectivity index (χ1) is 9.49. The van der Waals surface area contributed by atoms with E-state index >= 15 is 0 Å². The second-order valence-electron chi connectivity index (χ2n) is 7.57. The van der Waals surface area contributed by atoms with E-state index < -0.39 is 0 Å². The van der Waals surface area contributed by atoms with Crippen molar-refractivity contribution in [2.24, 2.45) is 5.41 Å². The third-order valence-electron chi connectivity index (χ3n) is 5.08. The lowest BCUT2D eigenvalue weighted by Gasteiger charge is -2.46. The molecule has 0 aromatic carbocycles. The maximum atomic E-state index is 4.13. The molecule has 0 bridgehead atoms. The van der Waals surface area contributed by atoms with E-state index in [4.69, 9.17) is 0 Å². The highest BCUT2D eigenvalue weighted by atomic mass is 15.2. The summed E-state index contributed by atoms with van der Waals surface area (Å²) in [4.78, 5) is 9.37. The minimum absolute atomic E-state index is 0.303. The number of aromatic nitrogens is 1. The molecule has 110 valence electrons. The first-order valence-electron chi connectivity index (χ1n) is 7.89. The Balaban J connectivity index is 1.72. The summed E-state index contributed by atoms with van der Waals surface area (Å²) in [5.41, 5.74) is 2.15. The van der Waals surface area contributed by atoms with Gasteiger partial charge in [0.15, 0.2) is 0 Å². The first kappa shape index (κ1) is 13.9. The van der Waals surface area contributed by atoms with Gasteiger partial charge < -0.3 is 4.90 Å². The van der Waals surface area contributed by atoms with Gasteiger partial charge in [0.05, 0.1) is 0 Å². The number of hydrogen-bond donors (Lipinski definition) is 0. The topological polar surface area (TPSA) is 19.4 Å². The summed E-state index contributed by atoms with van der Waals surface area (Å²) >= 11 is 0. The summed E-state index contributed by atoms with van der Waals surface area (Å²) < 4.78 is 0. The van der Waals surface area contributed by atoms with Gasteiger partial charge in [0, 0.05) is 48.7 Å². The molecule has 1 aromatic heterocycles. The Kier molecular flexibility index (Phi) is 3.49. The van der Waals surface area contributed by atoms with Gasteiger partial charge in [-0.25, -0.2) is 0 Å². The van der Waals surface area contributed by atoms with Crippen LogP contribution in [0.4, 0.5) is 5.69 Å². The highest BCUT2D eigenvalue weighted by Crippen LogP contribution is 2.41. The average molecular weight is 273 g/mol. The normalized spacial score (nSPS) is 28.2. The summed E-state index contributed by atoms with van der Waals surface area (Å²) in [6.07, 6.45) is 7.88. The fraction of sp³-hybridized carbons (Fsp3) is 0.706. The van der Waals surface area contributed by atoms with E-state index in [0.29, 0.717) is 11.0 Å². The number of piperidine rings is 1. The number of hydrogen-bond acceptors (Lipinski definition) is 3. The Hall–Kier alpha value is -1.09. The zero-order chi connectivity index (χ0) is 14.2. The summed E-state index contributed by atoms with van der Waals surface area (Å²) in [5.74, 6) is 0.